The van der Waals surface area contributed by atoms with Gasteiger partial charge in [-0.2, -0.15) is 0 Å². The van der Waals surface area contributed by atoms with Gasteiger partial charge in [-0.15, -0.1) is 0 Å². The summed E-state index contributed by atoms with van der Waals surface area (Å²) in [4.78, 5) is 0. The lowest BCUT2D eigenvalue weighted by molar-refractivity contribution is 0.319. The molecule has 2 heteroatoms. The molecule has 0 amide bonds. The number of nitrogens with zero attached hydrogens (tertiary/aromatic N) is 1. The molecule has 0 spiro atoms. The van der Waals surface area contributed by atoms with E-state index in [-0.39, 0.29) is 0 Å². The Balaban J connectivity index is 3.05. The van der Waals surface area contributed by atoms with Gasteiger partial charge in [-0.25, -0.2) is 0 Å². The van der Waals surface area contributed by atoms with Gasteiger partial charge in [0.25, 0.3) is 0 Å². The van der Waals surface area contributed by atoms with E-state index >= 15 is 0 Å². The van der Waals surface area contributed by atoms with Crippen LogP contribution in [0.4, 0.5) is 0 Å². The van der Waals surface area contributed by atoms with Crippen molar-refractivity contribution in [2.75, 3.05) is 0 Å². The summed E-state index contributed by atoms with van der Waals surface area (Å²) in [6.45, 7) is 5.52. The molecule has 0 aliphatic heterocycles. The highest BCUT2D eigenvalue weighted by Gasteiger charge is 2.02. The third-order valence-corrected chi connectivity index (χ3v) is 1.55. The zero-order valence-electron chi connectivity index (χ0n) is 6.99. The Hall–Kier alpha value is -1.57. The maximum atomic E-state index is 8.68. The Morgan fingerprint density at radius 3 is 2.33 bits per heavy atom. The summed E-state index contributed by atoms with van der Waals surface area (Å²) in [5, 5.41) is 11.9. The Morgan fingerprint density at radius 1 is 1.33 bits per heavy atom. The van der Waals surface area contributed by atoms with E-state index in [1.807, 2.05) is 37.3 Å². The SMILES string of the molecule is C=C(C)/C(=N/O)c1ccccc1. The van der Waals surface area contributed by atoms with Gasteiger partial charge in [0.2, 0.25) is 0 Å². The number of allylic oxidation sites excluding steroid dienone is 1. The van der Waals surface area contributed by atoms with Crippen LogP contribution in [0.2, 0.25) is 0 Å². The van der Waals surface area contributed by atoms with E-state index in [9.17, 15) is 0 Å². The number of hydrogen-bond acceptors (Lipinski definition) is 2. The first kappa shape index (κ1) is 8.53. The monoisotopic (exact) mass is 161 g/mol. The first-order valence-electron chi connectivity index (χ1n) is 3.69. The highest BCUT2D eigenvalue weighted by Crippen LogP contribution is 2.06. The van der Waals surface area contributed by atoms with Crippen molar-refractivity contribution in [1.29, 1.82) is 0 Å². The fourth-order valence-corrected chi connectivity index (χ4v) is 0.986. The minimum Gasteiger partial charge on any atom is -0.410 e. The quantitative estimate of drug-likeness (QED) is 0.403. The molecule has 0 aliphatic rings. The molecule has 62 valence electrons. The molecule has 2 nitrogen and oxygen atoms in total. The molecule has 1 rings (SSSR count). The van der Waals surface area contributed by atoms with Gasteiger partial charge in [-0.05, 0) is 12.5 Å². The maximum Gasteiger partial charge on any atom is 0.112 e. The minimum atomic E-state index is 0.538. The van der Waals surface area contributed by atoms with Gasteiger partial charge in [0.15, 0.2) is 0 Å². The zero-order valence-corrected chi connectivity index (χ0v) is 6.99. The summed E-state index contributed by atoms with van der Waals surface area (Å²) in [6, 6.07) is 9.46. The molecule has 0 unspecified atom stereocenters. The van der Waals surface area contributed by atoms with Crippen LogP contribution in [-0.4, -0.2) is 10.9 Å². The molecule has 0 aromatic heterocycles. The van der Waals surface area contributed by atoms with Crippen LogP contribution in [0.15, 0.2) is 47.6 Å². The van der Waals surface area contributed by atoms with E-state index in [0.717, 1.165) is 11.1 Å². The lowest BCUT2D eigenvalue weighted by atomic mass is 10.1. The number of rotatable bonds is 2. The number of hydrogen-bond donors (Lipinski definition) is 1. The molecule has 0 aliphatic carbocycles. The molecule has 12 heavy (non-hydrogen) atoms. The Labute approximate surface area is 71.8 Å². The van der Waals surface area contributed by atoms with Crippen LogP contribution in [0.1, 0.15) is 12.5 Å². The number of oxime groups is 1. The van der Waals surface area contributed by atoms with Gasteiger partial charge in [-0.3, -0.25) is 0 Å². The predicted octanol–water partition coefficient (Wildman–Crippen LogP) is 2.44. The smallest absolute Gasteiger partial charge is 0.112 e. The van der Waals surface area contributed by atoms with E-state index in [2.05, 4.69) is 11.7 Å². The van der Waals surface area contributed by atoms with Gasteiger partial charge >= 0.3 is 0 Å². The summed E-state index contributed by atoms with van der Waals surface area (Å²) in [6.07, 6.45) is 0. The highest BCUT2D eigenvalue weighted by molar-refractivity contribution is 6.11. The average molecular weight is 161 g/mol. The Morgan fingerprint density at radius 2 is 1.92 bits per heavy atom. The molecule has 0 bridgehead atoms. The molecule has 0 fully saturated rings. The molecule has 0 radical (unpaired) electrons. The molecular weight excluding hydrogens is 150 g/mol. The molecular formula is C10H11NO. The summed E-state index contributed by atoms with van der Waals surface area (Å²) < 4.78 is 0. The zero-order chi connectivity index (χ0) is 8.97. The van der Waals surface area contributed by atoms with E-state index in [4.69, 9.17) is 5.21 Å². The van der Waals surface area contributed by atoms with Crippen molar-refractivity contribution < 1.29 is 5.21 Å². The van der Waals surface area contributed by atoms with Crippen molar-refractivity contribution in [2.45, 2.75) is 6.92 Å². The third-order valence-electron chi connectivity index (χ3n) is 1.55. The van der Waals surface area contributed by atoms with Crippen molar-refractivity contribution in [1.82, 2.24) is 0 Å². The van der Waals surface area contributed by atoms with E-state index in [0.29, 0.717) is 5.71 Å². The molecule has 1 aromatic carbocycles. The second-order valence-corrected chi connectivity index (χ2v) is 2.59. The molecule has 0 atom stereocenters. The summed E-state index contributed by atoms with van der Waals surface area (Å²) >= 11 is 0. The summed E-state index contributed by atoms with van der Waals surface area (Å²) in [5.41, 5.74) is 2.17. The van der Waals surface area contributed by atoms with Gasteiger partial charge in [0.05, 0.1) is 0 Å². The first-order chi connectivity index (χ1) is 5.75. The largest absolute Gasteiger partial charge is 0.410 e. The van der Waals surface area contributed by atoms with Gasteiger partial charge in [0, 0.05) is 5.56 Å². The lowest BCUT2D eigenvalue weighted by Crippen LogP contribution is -2.00. The van der Waals surface area contributed by atoms with Crippen LogP contribution in [0.5, 0.6) is 0 Å². The van der Waals surface area contributed by atoms with E-state index < -0.39 is 0 Å². The van der Waals surface area contributed by atoms with Crippen LogP contribution < -0.4 is 0 Å². The van der Waals surface area contributed by atoms with Crippen molar-refractivity contribution in [3.8, 4) is 0 Å². The second-order valence-electron chi connectivity index (χ2n) is 2.59. The van der Waals surface area contributed by atoms with Crippen LogP contribution in [0.25, 0.3) is 0 Å². The fourth-order valence-electron chi connectivity index (χ4n) is 0.986. The fraction of sp³-hybridized carbons (Fsp3) is 0.100. The Kier molecular flexibility index (Phi) is 2.64. The molecule has 0 heterocycles. The summed E-state index contributed by atoms with van der Waals surface area (Å²) in [5.74, 6) is 0. The minimum absolute atomic E-state index is 0.538. The van der Waals surface area contributed by atoms with Crippen molar-refractivity contribution in [3.05, 3.63) is 48.0 Å². The molecule has 1 aromatic rings. The van der Waals surface area contributed by atoms with Gasteiger partial charge in [-0.1, -0.05) is 42.1 Å². The Bertz CT molecular complexity index is 301. The van der Waals surface area contributed by atoms with Crippen LogP contribution >= 0.6 is 0 Å². The normalized spacial score (nSPS) is 11.2. The first-order valence-corrected chi connectivity index (χ1v) is 3.69. The molecule has 1 N–H and O–H groups in total. The van der Waals surface area contributed by atoms with Crippen LogP contribution in [0, 0.1) is 0 Å². The lowest BCUT2D eigenvalue weighted by Gasteiger charge is -2.01. The average Bonchev–Trinajstić information content (AvgIpc) is 2.07. The molecule has 0 saturated heterocycles. The van der Waals surface area contributed by atoms with Gasteiger partial charge < -0.3 is 5.21 Å². The second kappa shape index (κ2) is 3.72. The van der Waals surface area contributed by atoms with Crippen LogP contribution in [-0.2, 0) is 0 Å². The predicted molar refractivity (Wildman–Crippen MR) is 49.6 cm³/mol. The summed E-state index contributed by atoms with van der Waals surface area (Å²) in [7, 11) is 0. The third kappa shape index (κ3) is 1.72. The molecule has 0 saturated carbocycles. The highest BCUT2D eigenvalue weighted by atomic mass is 16.4. The standard InChI is InChI=1S/C10H11NO/c1-8(2)10(11-12)9-6-4-3-5-7-9/h3-7,12H,1H2,2H3/b11-10-. The maximum absolute atomic E-state index is 8.68. The van der Waals surface area contributed by atoms with Crippen molar-refractivity contribution in [2.24, 2.45) is 5.16 Å². The topological polar surface area (TPSA) is 32.6 Å². The van der Waals surface area contributed by atoms with Crippen molar-refractivity contribution >= 4 is 5.71 Å². The van der Waals surface area contributed by atoms with E-state index in [1.54, 1.807) is 0 Å². The van der Waals surface area contributed by atoms with Crippen molar-refractivity contribution in [3.63, 3.8) is 0 Å². The van der Waals surface area contributed by atoms with Gasteiger partial charge in [0.1, 0.15) is 5.71 Å². The van der Waals surface area contributed by atoms with Crippen LogP contribution in [0.3, 0.4) is 0 Å². The van der Waals surface area contributed by atoms with E-state index in [1.165, 1.54) is 0 Å². The number of benzene rings is 1.